The number of hydrogen-bond acceptors (Lipinski definition) is 3. The van der Waals surface area contributed by atoms with E-state index in [-0.39, 0.29) is 24.5 Å². The Morgan fingerprint density at radius 3 is 2.85 bits per heavy atom. The van der Waals surface area contributed by atoms with Gasteiger partial charge in [0.1, 0.15) is 0 Å². The minimum Gasteiger partial charge on any atom is -0.394 e. The van der Waals surface area contributed by atoms with Gasteiger partial charge in [0.2, 0.25) is 5.91 Å². The molecule has 1 amide bonds. The zero-order valence-electron chi connectivity index (χ0n) is 8.21. The number of aliphatic hydroxyl groups excluding tert-OH is 1. The highest BCUT2D eigenvalue weighted by Crippen LogP contribution is 2.15. The molecule has 13 heavy (non-hydrogen) atoms. The van der Waals surface area contributed by atoms with Crippen molar-refractivity contribution in [1.29, 1.82) is 0 Å². The summed E-state index contributed by atoms with van der Waals surface area (Å²) in [5.41, 5.74) is 0. The van der Waals surface area contributed by atoms with Crippen molar-refractivity contribution >= 4 is 5.91 Å². The van der Waals surface area contributed by atoms with Crippen LogP contribution in [0.15, 0.2) is 0 Å². The van der Waals surface area contributed by atoms with Crippen LogP contribution in [-0.2, 0) is 4.79 Å². The lowest BCUT2D eigenvalue weighted by molar-refractivity contribution is -0.126. The molecule has 0 aromatic rings. The first-order valence-corrected chi connectivity index (χ1v) is 4.77. The molecule has 0 saturated carbocycles. The van der Waals surface area contributed by atoms with Gasteiger partial charge in [0.25, 0.3) is 0 Å². The zero-order chi connectivity index (χ0) is 9.84. The Labute approximate surface area is 78.7 Å². The fourth-order valence-electron chi connectivity index (χ4n) is 1.56. The normalized spacial score (nSPS) is 30.1. The second-order valence-corrected chi connectivity index (χ2v) is 3.83. The molecule has 3 atom stereocenters. The fourth-order valence-corrected chi connectivity index (χ4v) is 1.56. The van der Waals surface area contributed by atoms with Gasteiger partial charge in [0.15, 0.2) is 0 Å². The Hall–Kier alpha value is -0.610. The Balaban J connectivity index is 2.38. The highest BCUT2D eigenvalue weighted by molar-refractivity contribution is 5.79. The third kappa shape index (κ3) is 2.67. The first kappa shape index (κ1) is 10.5. The Kier molecular flexibility index (Phi) is 3.69. The van der Waals surface area contributed by atoms with E-state index in [1.54, 1.807) is 6.92 Å². The van der Waals surface area contributed by atoms with E-state index in [0.717, 1.165) is 13.1 Å². The van der Waals surface area contributed by atoms with Crippen molar-refractivity contribution in [1.82, 2.24) is 10.6 Å². The van der Waals surface area contributed by atoms with E-state index in [9.17, 15) is 4.79 Å². The minimum absolute atomic E-state index is 0.000267. The average molecular weight is 186 g/mol. The van der Waals surface area contributed by atoms with E-state index < -0.39 is 0 Å². The molecule has 3 N–H and O–H groups in total. The fraction of sp³-hybridized carbons (Fsp3) is 0.889. The highest BCUT2D eigenvalue weighted by Gasteiger charge is 2.29. The largest absolute Gasteiger partial charge is 0.394 e. The van der Waals surface area contributed by atoms with Crippen LogP contribution in [0.2, 0.25) is 0 Å². The Bertz CT molecular complexity index is 184. The van der Waals surface area contributed by atoms with Gasteiger partial charge in [-0.05, 0) is 19.4 Å². The summed E-state index contributed by atoms with van der Waals surface area (Å²) < 4.78 is 0. The molecule has 1 heterocycles. The maximum atomic E-state index is 11.6. The number of carbonyl (C=O) groups excluding carboxylic acids is 1. The monoisotopic (exact) mass is 186 g/mol. The van der Waals surface area contributed by atoms with Crippen LogP contribution < -0.4 is 10.6 Å². The molecule has 0 spiro atoms. The first-order chi connectivity index (χ1) is 6.15. The molecule has 0 aromatic carbocycles. The summed E-state index contributed by atoms with van der Waals surface area (Å²) in [6.45, 7) is 5.52. The van der Waals surface area contributed by atoms with Crippen molar-refractivity contribution in [3.8, 4) is 0 Å². The second-order valence-electron chi connectivity index (χ2n) is 3.83. The van der Waals surface area contributed by atoms with Crippen LogP contribution in [0.25, 0.3) is 0 Å². The number of hydrogen-bond donors (Lipinski definition) is 3. The van der Waals surface area contributed by atoms with E-state index >= 15 is 0 Å². The van der Waals surface area contributed by atoms with E-state index in [1.165, 1.54) is 0 Å². The smallest absolute Gasteiger partial charge is 0.225 e. The summed E-state index contributed by atoms with van der Waals surface area (Å²) in [5, 5.41) is 14.7. The maximum absolute atomic E-state index is 11.6. The predicted molar refractivity (Wildman–Crippen MR) is 50.2 cm³/mol. The number of rotatable bonds is 3. The molecule has 3 unspecified atom stereocenters. The summed E-state index contributed by atoms with van der Waals surface area (Å²) in [6, 6.07) is -0.139. The Morgan fingerprint density at radius 1 is 1.69 bits per heavy atom. The van der Waals surface area contributed by atoms with Crippen LogP contribution in [0.4, 0.5) is 0 Å². The van der Waals surface area contributed by atoms with Gasteiger partial charge >= 0.3 is 0 Å². The third-order valence-corrected chi connectivity index (χ3v) is 2.52. The molecule has 4 nitrogen and oxygen atoms in total. The molecule has 0 radical (unpaired) electrons. The van der Waals surface area contributed by atoms with Crippen molar-refractivity contribution in [3.63, 3.8) is 0 Å². The topological polar surface area (TPSA) is 61.4 Å². The molecule has 1 aliphatic heterocycles. The average Bonchev–Trinajstić information content (AvgIpc) is 2.51. The SMILES string of the molecule is CC(CO)NC(=O)C1CNCC1C. The Morgan fingerprint density at radius 2 is 2.38 bits per heavy atom. The summed E-state index contributed by atoms with van der Waals surface area (Å²) in [6.07, 6.45) is 0. The van der Waals surface area contributed by atoms with Crippen molar-refractivity contribution < 1.29 is 9.90 Å². The number of aliphatic hydroxyl groups is 1. The van der Waals surface area contributed by atoms with Gasteiger partial charge in [0.05, 0.1) is 12.5 Å². The van der Waals surface area contributed by atoms with Crippen molar-refractivity contribution in [2.45, 2.75) is 19.9 Å². The summed E-state index contributed by atoms with van der Waals surface area (Å²) in [4.78, 5) is 11.6. The van der Waals surface area contributed by atoms with Gasteiger partial charge in [-0.25, -0.2) is 0 Å². The molecule has 1 aliphatic rings. The number of carbonyl (C=O) groups is 1. The van der Waals surface area contributed by atoms with E-state index in [1.807, 2.05) is 0 Å². The van der Waals surface area contributed by atoms with Crippen molar-refractivity contribution in [3.05, 3.63) is 0 Å². The van der Waals surface area contributed by atoms with Crippen LogP contribution in [0.1, 0.15) is 13.8 Å². The van der Waals surface area contributed by atoms with Gasteiger partial charge in [-0.1, -0.05) is 6.92 Å². The minimum atomic E-state index is -0.139. The van der Waals surface area contributed by atoms with E-state index in [4.69, 9.17) is 5.11 Å². The van der Waals surface area contributed by atoms with Gasteiger partial charge < -0.3 is 15.7 Å². The van der Waals surface area contributed by atoms with Gasteiger partial charge in [-0.3, -0.25) is 4.79 Å². The van der Waals surface area contributed by atoms with Crippen molar-refractivity contribution in [2.24, 2.45) is 11.8 Å². The number of amides is 1. The lowest BCUT2D eigenvalue weighted by Gasteiger charge is -2.17. The van der Waals surface area contributed by atoms with Gasteiger partial charge in [-0.15, -0.1) is 0 Å². The molecular formula is C9H18N2O2. The molecule has 1 rings (SSSR count). The molecule has 76 valence electrons. The molecule has 1 saturated heterocycles. The van der Waals surface area contributed by atoms with Crippen LogP contribution in [0.5, 0.6) is 0 Å². The molecule has 4 heteroatoms. The van der Waals surface area contributed by atoms with E-state index in [0.29, 0.717) is 5.92 Å². The third-order valence-electron chi connectivity index (χ3n) is 2.52. The summed E-state index contributed by atoms with van der Waals surface area (Å²) in [5.74, 6) is 0.513. The van der Waals surface area contributed by atoms with Crippen molar-refractivity contribution in [2.75, 3.05) is 19.7 Å². The maximum Gasteiger partial charge on any atom is 0.225 e. The van der Waals surface area contributed by atoms with Gasteiger partial charge in [-0.2, -0.15) is 0 Å². The van der Waals surface area contributed by atoms with Crippen LogP contribution >= 0.6 is 0 Å². The quantitative estimate of drug-likeness (QED) is 0.548. The lowest BCUT2D eigenvalue weighted by Crippen LogP contribution is -2.41. The lowest BCUT2D eigenvalue weighted by atomic mass is 9.97. The highest BCUT2D eigenvalue weighted by atomic mass is 16.3. The molecular weight excluding hydrogens is 168 g/mol. The predicted octanol–water partition coefficient (Wildman–Crippen LogP) is -0.661. The van der Waals surface area contributed by atoms with Crippen LogP contribution in [-0.4, -0.2) is 36.8 Å². The van der Waals surface area contributed by atoms with Crippen LogP contribution in [0.3, 0.4) is 0 Å². The van der Waals surface area contributed by atoms with Crippen LogP contribution in [0, 0.1) is 11.8 Å². The summed E-state index contributed by atoms with van der Waals surface area (Å²) in [7, 11) is 0. The summed E-state index contributed by atoms with van der Waals surface area (Å²) >= 11 is 0. The molecule has 1 fully saturated rings. The molecule has 0 bridgehead atoms. The first-order valence-electron chi connectivity index (χ1n) is 4.77. The standard InChI is InChI=1S/C9H18N2O2/c1-6-3-10-4-8(6)9(13)11-7(2)5-12/h6-8,10,12H,3-5H2,1-2H3,(H,11,13). The second kappa shape index (κ2) is 4.58. The zero-order valence-corrected chi connectivity index (χ0v) is 8.21. The molecule has 0 aliphatic carbocycles. The van der Waals surface area contributed by atoms with E-state index in [2.05, 4.69) is 17.6 Å². The number of nitrogens with one attached hydrogen (secondary N) is 2. The van der Waals surface area contributed by atoms with Gasteiger partial charge in [0, 0.05) is 12.6 Å². The molecule has 0 aromatic heterocycles.